The molecule has 0 fully saturated rings. The van der Waals surface area contributed by atoms with Crippen LogP contribution < -0.4 is 0 Å². The highest BCUT2D eigenvalue weighted by Gasteiger charge is 2.15. The third-order valence-electron chi connectivity index (χ3n) is 2.20. The van der Waals surface area contributed by atoms with Crippen molar-refractivity contribution in [3.8, 4) is 17.4 Å². The molecule has 0 radical (unpaired) electrons. The van der Waals surface area contributed by atoms with Crippen LogP contribution in [-0.4, -0.2) is 6.29 Å². The largest absolute Gasteiger partial charge is 0.453 e. The van der Waals surface area contributed by atoms with Gasteiger partial charge in [0.1, 0.15) is 11.8 Å². The van der Waals surface area contributed by atoms with Crippen LogP contribution in [-0.2, 0) is 0 Å². The molecule has 2 rings (SSSR count). The third kappa shape index (κ3) is 2.12. The van der Waals surface area contributed by atoms with E-state index < -0.39 is 0 Å². The molecule has 0 saturated carbocycles. The SMILES string of the molecule is N#Cc1ccc(Br)c(-c2ccc(C=O)o2)c1Cl. The molecule has 0 aliphatic rings. The van der Waals surface area contributed by atoms with Gasteiger partial charge < -0.3 is 4.42 Å². The van der Waals surface area contributed by atoms with Gasteiger partial charge in [0.25, 0.3) is 0 Å². The van der Waals surface area contributed by atoms with E-state index in [-0.39, 0.29) is 5.76 Å². The van der Waals surface area contributed by atoms with Gasteiger partial charge in [-0.25, -0.2) is 0 Å². The Hall–Kier alpha value is -1.57. The maximum absolute atomic E-state index is 10.6. The van der Waals surface area contributed by atoms with Crippen molar-refractivity contribution in [2.45, 2.75) is 0 Å². The van der Waals surface area contributed by atoms with Gasteiger partial charge >= 0.3 is 0 Å². The van der Waals surface area contributed by atoms with Crippen LogP contribution in [0.25, 0.3) is 11.3 Å². The minimum absolute atomic E-state index is 0.213. The molecule has 5 heteroatoms. The first-order valence-corrected chi connectivity index (χ1v) is 5.78. The highest BCUT2D eigenvalue weighted by molar-refractivity contribution is 9.10. The Labute approximate surface area is 111 Å². The molecule has 1 heterocycles. The summed E-state index contributed by atoms with van der Waals surface area (Å²) in [5.41, 5.74) is 0.924. The zero-order chi connectivity index (χ0) is 12.4. The van der Waals surface area contributed by atoms with Gasteiger partial charge in [0.2, 0.25) is 0 Å². The molecule has 0 aliphatic carbocycles. The molecule has 0 atom stereocenters. The van der Waals surface area contributed by atoms with E-state index in [2.05, 4.69) is 15.9 Å². The van der Waals surface area contributed by atoms with E-state index in [0.717, 1.165) is 0 Å². The second-order valence-electron chi connectivity index (χ2n) is 3.22. The number of aldehydes is 1. The Morgan fingerprint density at radius 1 is 1.35 bits per heavy atom. The van der Waals surface area contributed by atoms with Crippen molar-refractivity contribution >= 4 is 33.8 Å². The lowest BCUT2D eigenvalue weighted by atomic mass is 10.1. The lowest BCUT2D eigenvalue weighted by Gasteiger charge is -2.05. The van der Waals surface area contributed by atoms with Crippen molar-refractivity contribution in [3.63, 3.8) is 0 Å². The van der Waals surface area contributed by atoms with Crippen LogP contribution in [0.4, 0.5) is 0 Å². The van der Waals surface area contributed by atoms with E-state index in [9.17, 15) is 4.79 Å². The van der Waals surface area contributed by atoms with Gasteiger partial charge in [0, 0.05) is 4.47 Å². The molecule has 84 valence electrons. The van der Waals surface area contributed by atoms with Crippen LogP contribution >= 0.6 is 27.5 Å². The van der Waals surface area contributed by atoms with Crippen molar-refractivity contribution in [3.05, 3.63) is 45.1 Å². The topological polar surface area (TPSA) is 54.0 Å². The van der Waals surface area contributed by atoms with E-state index in [4.69, 9.17) is 21.3 Å². The number of halogens is 2. The molecule has 0 N–H and O–H groups in total. The van der Waals surface area contributed by atoms with Crippen LogP contribution in [0.15, 0.2) is 33.2 Å². The summed E-state index contributed by atoms with van der Waals surface area (Å²) in [5.74, 6) is 0.659. The lowest BCUT2D eigenvalue weighted by Crippen LogP contribution is -1.84. The van der Waals surface area contributed by atoms with Crippen molar-refractivity contribution in [1.29, 1.82) is 5.26 Å². The highest BCUT2D eigenvalue weighted by Crippen LogP contribution is 2.37. The number of nitriles is 1. The molecule has 0 amide bonds. The summed E-state index contributed by atoms with van der Waals surface area (Å²) in [4.78, 5) is 10.6. The molecule has 1 aromatic heterocycles. The molecule has 0 unspecified atom stereocenters. The summed E-state index contributed by atoms with van der Waals surface area (Å²) in [5, 5.41) is 9.20. The zero-order valence-electron chi connectivity index (χ0n) is 8.41. The number of carbonyl (C=O) groups is 1. The van der Waals surface area contributed by atoms with E-state index in [1.54, 1.807) is 24.3 Å². The van der Waals surface area contributed by atoms with Gasteiger partial charge in [-0.15, -0.1) is 0 Å². The summed E-state index contributed by atoms with van der Waals surface area (Å²) < 4.78 is 5.99. The minimum Gasteiger partial charge on any atom is -0.453 e. The van der Waals surface area contributed by atoms with Crippen molar-refractivity contribution in [1.82, 2.24) is 0 Å². The quantitative estimate of drug-likeness (QED) is 0.786. The highest BCUT2D eigenvalue weighted by atomic mass is 79.9. The molecular weight excluding hydrogens is 305 g/mol. The summed E-state index contributed by atoms with van der Waals surface area (Å²) in [6.07, 6.45) is 0.611. The van der Waals surface area contributed by atoms with Crippen LogP contribution in [0.5, 0.6) is 0 Å². The van der Waals surface area contributed by atoms with E-state index in [0.29, 0.717) is 32.7 Å². The molecule has 0 aliphatic heterocycles. The van der Waals surface area contributed by atoms with Crippen molar-refractivity contribution in [2.24, 2.45) is 0 Å². The molecule has 17 heavy (non-hydrogen) atoms. The van der Waals surface area contributed by atoms with E-state index >= 15 is 0 Å². The molecule has 3 nitrogen and oxygen atoms in total. The first-order chi connectivity index (χ1) is 8.17. The average Bonchev–Trinajstić information content (AvgIpc) is 2.78. The van der Waals surface area contributed by atoms with Crippen molar-refractivity contribution in [2.75, 3.05) is 0 Å². The van der Waals surface area contributed by atoms with Crippen LogP contribution in [0, 0.1) is 11.3 Å². The number of hydrogen-bond acceptors (Lipinski definition) is 3. The maximum Gasteiger partial charge on any atom is 0.185 e. The lowest BCUT2D eigenvalue weighted by molar-refractivity contribution is 0.110. The fourth-order valence-electron chi connectivity index (χ4n) is 1.42. The zero-order valence-corrected chi connectivity index (χ0v) is 10.7. The summed E-state index contributed by atoms with van der Waals surface area (Å²) in [6, 6.07) is 8.49. The van der Waals surface area contributed by atoms with Crippen molar-refractivity contribution < 1.29 is 9.21 Å². The Kier molecular flexibility index (Phi) is 3.32. The predicted octanol–water partition coefficient (Wildman–Crippen LogP) is 4.05. The Bertz CT molecular complexity index is 628. The van der Waals surface area contributed by atoms with E-state index in [1.165, 1.54) is 0 Å². The summed E-state index contributed by atoms with van der Waals surface area (Å²) in [6.45, 7) is 0. The van der Waals surface area contributed by atoms with Gasteiger partial charge in [-0.2, -0.15) is 5.26 Å². The number of rotatable bonds is 2. The minimum atomic E-state index is 0.213. The average molecular weight is 311 g/mol. The smallest absolute Gasteiger partial charge is 0.185 e. The predicted molar refractivity (Wildman–Crippen MR) is 67.0 cm³/mol. The number of hydrogen-bond donors (Lipinski definition) is 0. The number of furan rings is 1. The monoisotopic (exact) mass is 309 g/mol. The maximum atomic E-state index is 10.6. The Morgan fingerprint density at radius 3 is 2.71 bits per heavy atom. The fraction of sp³-hybridized carbons (Fsp3) is 0. The number of carbonyl (C=O) groups excluding carboxylic acids is 1. The van der Waals surface area contributed by atoms with Crippen LogP contribution in [0.3, 0.4) is 0 Å². The first kappa shape index (κ1) is 11.9. The Morgan fingerprint density at radius 2 is 2.12 bits per heavy atom. The van der Waals surface area contributed by atoms with Gasteiger partial charge in [0.05, 0.1) is 16.1 Å². The summed E-state index contributed by atoms with van der Waals surface area (Å²) >= 11 is 9.44. The second kappa shape index (κ2) is 4.74. The van der Waals surface area contributed by atoms with Gasteiger partial charge in [-0.3, -0.25) is 4.79 Å². The van der Waals surface area contributed by atoms with Crippen LogP contribution in [0.1, 0.15) is 16.1 Å². The Balaban J connectivity index is 2.66. The number of nitrogens with zero attached hydrogens (tertiary/aromatic N) is 1. The number of benzene rings is 1. The van der Waals surface area contributed by atoms with Crippen LogP contribution in [0.2, 0.25) is 5.02 Å². The summed E-state index contributed by atoms with van der Waals surface area (Å²) in [7, 11) is 0. The molecular formula is C12H5BrClNO2. The first-order valence-electron chi connectivity index (χ1n) is 4.61. The molecule has 1 aromatic carbocycles. The molecule has 2 aromatic rings. The fourth-order valence-corrected chi connectivity index (χ4v) is 2.36. The van der Waals surface area contributed by atoms with Gasteiger partial charge in [0.15, 0.2) is 12.0 Å². The standard InChI is InChI=1S/C12H5BrClNO2/c13-9-3-1-7(5-15)12(14)11(9)10-4-2-8(6-16)17-10/h1-4,6H. The molecule has 0 spiro atoms. The molecule has 0 saturated heterocycles. The second-order valence-corrected chi connectivity index (χ2v) is 4.45. The van der Waals surface area contributed by atoms with Gasteiger partial charge in [-0.05, 0) is 40.2 Å². The van der Waals surface area contributed by atoms with E-state index in [1.807, 2.05) is 6.07 Å². The molecule has 0 bridgehead atoms. The van der Waals surface area contributed by atoms with Gasteiger partial charge in [-0.1, -0.05) is 11.6 Å². The third-order valence-corrected chi connectivity index (χ3v) is 3.25. The normalized spacial score (nSPS) is 9.94.